The van der Waals surface area contributed by atoms with Crippen molar-refractivity contribution in [1.82, 2.24) is 9.62 Å². The first kappa shape index (κ1) is 18.4. The fourth-order valence-electron chi connectivity index (χ4n) is 2.80. The summed E-state index contributed by atoms with van der Waals surface area (Å²) in [5.41, 5.74) is 0.812. The van der Waals surface area contributed by atoms with Crippen LogP contribution in [0.15, 0.2) is 30.3 Å². The molecule has 7 nitrogen and oxygen atoms in total. The molecule has 132 valence electrons. The zero-order valence-electron chi connectivity index (χ0n) is 13.5. The molecule has 0 spiro atoms. The van der Waals surface area contributed by atoms with Gasteiger partial charge in [0.15, 0.2) is 0 Å². The molecule has 1 heterocycles. The summed E-state index contributed by atoms with van der Waals surface area (Å²) in [6.45, 7) is 0.497. The molecule has 0 aliphatic carbocycles. The average Bonchev–Trinajstić information content (AvgIpc) is 2.54. The standard InChI is InChI=1S/C16H22N2O5S/c1-24(22,23)18-9-5-8-13(11-18)15(19)17-14(16(20)21)10-12-6-3-2-4-7-12/h2-4,6-7,13-14H,5,8-11H2,1H3,(H,17,19)(H,20,21)/t13-,14-/m1/s1. The number of carbonyl (C=O) groups excluding carboxylic acids is 1. The van der Waals surface area contributed by atoms with Crippen LogP contribution in [0.25, 0.3) is 0 Å². The summed E-state index contributed by atoms with van der Waals surface area (Å²) in [4.78, 5) is 23.8. The van der Waals surface area contributed by atoms with Gasteiger partial charge >= 0.3 is 5.97 Å². The molecule has 2 rings (SSSR count). The van der Waals surface area contributed by atoms with Gasteiger partial charge in [-0.25, -0.2) is 17.5 Å². The lowest BCUT2D eigenvalue weighted by molar-refractivity contribution is -0.142. The Hall–Kier alpha value is -1.93. The number of carboxylic acid groups (broad SMARTS) is 1. The first-order valence-corrected chi connectivity index (χ1v) is 9.64. The third-order valence-corrected chi connectivity index (χ3v) is 5.39. The van der Waals surface area contributed by atoms with E-state index in [2.05, 4.69) is 5.32 Å². The van der Waals surface area contributed by atoms with E-state index in [1.54, 1.807) is 24.3 Å². The van der Waals surface area contributed by atoms with E-state index >= 15 is 0 Å². The van der Waals surface area contributed by atoms with Crippen LogP contribution in [-0.2, 0) is 26.0 Å². The number of carboxylic acids is 1. The maximum Gasteiger partial charge on any atom is 0.326 e. The predicted octanol–water partition coefficient (Wildman–Crippen LogP) is 0.470. The number of nitrogens with one attached hydrogen (secondary N) is 1. The van der Waals surface area contributed by atoms with Crippen LogP contribution in [0, 0.1) is 5.92 Å². The molecule has 0 aromatic heterocycles. The molecule has 0 unspecified atom stereocenters. The summed E-state index contributed by atoms with van der Waals surface area (Å²) in [5.74, 6) is -2.04. The fourth-order valence-corrected chi connectivity index (χ4v) is 3.71. The van der Waals surface area contributed by atoms with Gasteiger partial charge in [-0.15, -0.1) is 0 Å². The van der Waals surface area contributed by atoms with Crippen LogP contribution in [-0.4, -0.2) is 55.1 Å². The van der Waals surface area contributed by atoms with E-state index < -0.39 is 33.9 Å². The molecular weight excluding hydrogens is 332 g/mol. The highest BCUT2D eigenvalue weighted by Gasteiger charge is 2.32. The lowest BCUT2D eigenvalue weighted by Gasteiger charge is -2.30. The minimum absolute atomic E-state index is 0.0995. The Bertz CT molecular complexity index is 690. The third-order valence-electron chi connectivity index (χ3n) is 4.12. The Balaban J connectivity index is 2.01. The minimum Gasteiger partial charge on any atom is -0.480 e. The van der Waals surface area contributed by atoms with Gasteiger partial charge in [0.1, 0.15) is 6.04 Å². The van der Waals surface area contributed by atoms with Crippen LogP contribution in [0.3, 0.4) is 0 Å². The molecule has 8 heteroatoms. The molecule has 1 saturated heterocycles. The van der Waals surface area contributed by atoms with Crippen LogP contribution in [0.5, 0.6) is 0 Å². The molecule has 1 amide bonds. The van der Waals surface area contributed by atoms with Crippen molar-refractivity contribution in [3.8, 4) is 0 Å². The average molecular weight is 354 g/mol. The van der Waals surface area contributed by atoms with Crippen molar-refractivity contribution in [2.24, 2.45) is 5.92 Å². The van der Waals surface area contributed by atoms with Crippen molar-refractivity contribution in [3.63, 3.8) is 0 Å². The van der Waals surface area contributed by atoms with Crippen molar-refractivity contribution < 1.29 is 23.1 Å². The summed E-state index contributed by atoms with van der Waals surface area (Å²) in [7, 11) is -3.35. The first-order valence-electron chi connectivity index (χ1n) is 7.79. The summed E-state index contributed by atoms with van der Waals surface area (Å²) < 4.78 is 24.5. The SMILES string of the molecule is CS(=O)(=O)N1CCC[C@@H](C(=O)N[C@H](Cc2ccccc2)C(=O)O)C1. The highest BCUT2D eigenvalue weighted by atomic mass is 32.2. The lowest BCUT2D eigenvalue weighted by atomic mass is 9.97. The normalized spacial score (nSPS) is 20.3. The number of piperidine rings is 1. The van der Waals surface area contributed by atoms with Crippen molar-refractivity contribution >= 4 is 21.9 Å². The van der Waals surface area contributed by atoms with Crippen molar-refractivity contribution in [1.29, 1.82) is 0 Å². The fraction of sp³-hybridized carbons (Fsp3) is 0.500. The number of nitrogens with zero attached hydrogens (tertiary/aromatic N) is 1. The highest BCUT2D eigenvalue weighted by Crippen LogP contribution is 2.19. The Morgan fingerprint density at radius 3 is 2.58 bits per heavy atom. The van der Waals surface area contributed by atoms with Crippen molar-refractivity contribution in [3.05, 3.63) is 35.9 Å². The zero-order chi connectivity index (χ0) is 17.7. The van der Waals surface area contributed by atoms with Gasteiger partial charge in [0.05, 0.1) is 12.2 Å². The van der Waals surface area contributed by atoms with E-state index in [0.29, 0.717) is 19.4 Å². The molecule has 1 aliphatic heterocycles. The number of rotatable bonds is 6. The minimum atomic E-state index is -3.35. The zero-order valence-corrected chi connectivity index (χ0v) is 14.3. The number of hydrogen-bond donors (Lipinski definition) is 2. The smallest absolute Gasteiger partial charge is 0.326 e. The van der Waals surface area contributed by atoms with Crippen LogP contribution in [0.1, 0.15) is 18.4 Å². The van der Waals surface area contributed by atoms with E-state index in [-0.39, 0.29) is 13.0 Å². The summed E-state index contributed by atoms with van der Waals surface area (Å²) in [5, 5.41) is 11.9. The number of carbonyl (C=O) groups is 2. The Labute approximate surface area is 141 Å². The second-order valence-corrected chi connectivity index (χ2v) is 8.03. The quantitative estimate of drug-likeness (QED) is 0.773. The molecule has 0 radical (unpaired) electrons. The van der Waals surface area contributed by atoms with Crippen LogP contribution in [0.4, 0.5) is 0 Å². The largest absolute Gasteiger partial charge is 0.480 e. The Morgan fingerprint density at radius 1 is 1.33 bits per heavy atom. The van der Waals surface area contributed by atoms with Gasteiger partial charge < -0.3 is 10.4 Å². The summed E-state index contributed by atoms with van der Waals surface area (Å²) in [6.07, 6.45) is 2.43. The second kappa shape index (κ2) is 7.76. The van der Waals surface area contributed by atoms with E-state index in [0.717, 1.165) is 11.8 Å². The van der Waals surface area contributed by atoms with Crippen molar-refractivity contribution in [2.45, 2.75) is 25.3 Å². The molecular formula is C16H22N2O5S. The third kappa shape index (κ3) is 5.04. The molecule has 24 heavy (non-hydrogen) atoms. The topological polar surface area (TPSA) is 104 Å². The first-order chi connectivity index (χ1) is 11.3. The molecule has 0 saturated carbocycles. The molecule has 1 aromatic rings. The number of sulfonamides is 1. The van der Waals surface area contributed by atoms with E-state index in [9.17, 15) is 23.1 Å². The lowest BCUT2D eigenvalue weighted by Crippen LogP contribution is -2.49. The highest BCUT2D eigenvalue weighted by molar-refractivity contribution is 7.88. The van der Waals surface area contributed by atoms with Crippen LogP contribution >= 0.6 is 0 Å². The number of benzene rings is 1. The molecule has 2 atom stereocenters. The molecule has 1 aliphatic rings. The summed E-state index contributed by atoms with van der Waals surface area (Å²) in [6, 6.07) is 8.01. The maximum atomic E-state index is 12.4. The predicted molar refractivity (Wildman–Crippen MR) is 88.9 cm³/mol. The number of aliphatic carboxylic acids is 1. The number of amides is 1. The second-order valence-electron chi connectivity index (χ2n) is 6.05. The van der Waals surface area contributed by atoms with E-state index in [1.165, 1.54) is 4.31 Å². The Morgan fingerprint density at radius 2 is 2.00 bits per heavy atom. The monoisotopic (exact) mass is 354 g/mol. The van der Waals surface area contributed by atoms with E-state index in [4.69, 9.17) is 0 Å². The molecule has 1 fully saturated rings. The van der Waals surface area contributed by atoms with E-state index in [1.807, 2.05) is 6.07 Å². The van der Waals surface area contributed by atoms with Gasteiger partial charge in [-0.05, 0) is 18.4 Å². The molecule has 0 bridgehead atoms. The van der Waals surface area contributed by atoms with Gasteiger partial charge in [0, 0.05) is 19.5 Å². The van der Waals surface area contributed by atoms with Crippen molar-refractivity contribution in [2.75, 3.05) is 19.3 Å². The summed E-state index contributed by atoms with van der Waals surface area (Å²) >= 11 is 0. The molecule has 1 aromatic carbocycles. The van der Waals surface area contributed by atoms with Gasteiger partial charge in [-0.3, -0.25) is 4.79 Å². The van der Waals surface area contributed by atoms with Gasteiger partial charge in [0.2, 0.25) is 15.9 Å². The van der Waals surface area contributed by atoms with Gasteiger partial charge in [0.25, 0.3) is 0 Å². The molecule has 2 N–H and O–H groups in total. The van der Waals surface area contributed by atoms with Gasteiger partial charge in [-0.2, -0.15) is 0 Å². The van der Waals surface area contributed by atoms with Gasteiger partial charge in [-0.1, -0.05) is 30.3 Å². The van der Waals surface area contributed by atoms with Crippen LogP contribution < -0.4 is 5.32 Å². The Kier molecular flexibility index (Phi) is 5.95. The number of hydrogen-bond acceptors (Lipinski definition) is 4. The maximum absolute atomic E-state index is 12.4. The van der Waals surface area contributed by atoms with Crippen LogP contribution in [0.2, 0.25) is 0 Å².